The lowest BCUT2D eigenvalue weighted by Crippen LogP contribution is -2.43. The van der Waals surface area contributed by atoms with Gasteiger partial charge in [0.2, 0.25) is 0 Å². The number of para-hydroxylation sites is 1. The fourth-order valence-electron chi connectivity index (χ4n) is 1.84. The number of hydrogen-bond acceptors (Lipinski definition) is 3. The summed E-state index contributed by atoms with van der Waals surface area (Å²) in [5.74, 6) is 0. The minimum absolute atomic E-state index is 0.0139. The van der Waals surface area contributed by atoms with Crippen LogP contribution in [0.1, 0.15) is 12.5 Å². The van der Waals surface area contributed by atoms with E-state index in [4.69, 9.17) is 0 Å². The summed E-state index contributed by atoms with van der Waals surface area (Å²) >= 11 is 0. The third-order valence-corrected chi connectivity index (χ3v) is 3.20. The van der Waals surface area contributed by atoms with Crippen LogP contribution in [0.2, 0.25) is 0 Å². The molecule has 5 nitrogen and oxygen atoms in total. The molecule has 2 amide bonds. The van der Waals surface area contributed by atoms with Gasteiger partial charge in [0.1, 0.15) is 0 Å². The Labute approximate surface area is 126 Å². The first-order chi connectivity index (χ1) is 10.1. The molecule has 0 aliphatic heterocycles. The number of aliphatic hydroxyl groups is 2. The highest BCUT2D eigenvalue weighted by Gasteiger charge is 2.34. The molecule has 0 aliphatic carbocycles. The molecule has 0 radical (unpaired) electrons. The number of hydrogen-bond donors (Lipinski definition) is 3. The fourth-order valence-corrected chi connectivity index (χ4v) is 1.84. The molecule has 0 bridgehead atoms. The molecular formula is C14H19F3N2O3. The number of carbonyl (C=O) groups excluding carboxylic acids is 1. The van der Waals surface area contributed by atoms with Crippen LogP contribution < -0.4 is 5.32 Å². The molecule has 0 aromatic heterocycles. The van der Waals surface area contributed by atoms with Crippen molar-refractivity contribution in [1.29, 1.82) is 0 Å². The second kappa shape index (κ2) is 6.97. The van der Waals surface area contributed by atoms with Gasteiger partial charge in [-0.25, -0.2) is 4.79 Å². The van der Waals surface area contributed by atoms with Crippen molar-refractivity contribution in [3.63, 3.8) is 0 Å². The number of alkyl halides is 3. The smallest absolute Gasteiger partial charge is 0.396 e. The summed E-state index contributed by atoms with van der Waals surface area (Å²) in [6.07, 6.45) is -4.58. The number of carbonyl (C=O) groups is 1. The van der Waals surface area contributed by atoms with E-state index in [1.807, 2.05) is 0 Å². The Morgan fingerprint density at radius 2 is 1.77 bits per heavy atom. The van der Waals surface area contributed by atoms with Crippen LogP contribution in [0.25, 0.3) is 0 Å². The average molecular weight is 320 g/mol. The molecule has 1 aromatic rings. The summed E-state index contributed by atoms with van der Waals surface area (Å²) in [5, 5.41) is 20.6. The summed E-state index contributed by atoms with van der Waals surface area (Å²) in [7, 11) is 1.37. The molecule has 3 N–H and O–H groups in total. The Bertz CT molecular complexity index is 516. The largest absolute Gasteiger partial charge is 0.418 e. The molecule has 0 spiro atoms. The predicted octanol–water partition coefficient (Wildman–Crippen LogP) is 2.16. The highest BCUT2D eigenvalue weighted by Crippen LogP contribution is 2.34. The lowest BCUT2D eigenvalue weighted by Gasteiger charge is -2.30. The van der Waals surface area contributed by atoms with Crippen LogP contribution in [0, 0.1) is 5.41 Å². The molecule has 0 saturated heterocycles. The topological polar surface area (TPSA) is 72.8 Å². The number of halogens is 3. The third-order valence-electron chi connectivity index (χ3n) is 3.20. The van der Waals surface area contributed by atoms with Crippen LogP contribution in [0.15, 0.2) is 24.3 Å². The van der Waals surface area contributed by atoms with Crippen molar-refractivity contribution in [2.45, 2.75) is 13.1 Å². The highest BCUT2D eigenvalue weighted by atomic mass is 19.4. The van der Waals surface area contributed by atoms with Crippen molar-refractivity contribution in [1.82, 2.24) is 4.90 Å². The first-order valence-electron chi connectivity index (χ1n) is 6.53. The Morgan fingerprint density at radius 1 is 1.23 bits per heavy atom. The summed E-state index contributed by atoms with van der Waals surface area (Å²) in [5.41, 5.74) is -2.22. The SMILES string of the molecule is CN(CC(C)(CO)CO)C(=O)Nc1ccccc1C(F)(F)F. The zero-order chi connectivity index (χ0) is 17.0. The lowest BCUT2D eigenvalue weighted by molar-refractivity contribution is -0.136. The van der Waals surface area contributed by atoms with Crippen LogP contribution in [-0.4, -0.2) is 48.0 Å². The van der Waals surface area contributed by atoms with E-state index in [-0.39, 0.29) is 25.4 Å². The molecule has 0 atom stereocenters. The molecule has 8 heteroatoms. The van der Waals surface area contributed by atoms with E-state index in [1.165, 1.54) is 19.2 Å². The Morgan fingerprint density at radius 3 is 2.27 bits per heavy atom. The first-order valence-corrected chi connectivity index (χ1v) is 6.53. The number of benzene rings is 1. The second-order valence-electron chi connectivity index (χ2n) is 5.46. The Kier molecular flexibility index (Phi) is 5.78. The maximum Gasteiger partial charge on any atom is 0.418 e. The summed E-state index contributed by atoms with van der Waals surface area (Å²) in [6, 6.07) is 3.89. The number of nitrogens with one attached hydrogen (secondary N) is 1. The van der Waals surface area contributed by atoms with E-state index >= 15 is 0 Å². The zero-order valence-corrected chi connectivity index (χ0v) is 12.3. The maximum absolute atomic E-state index is 12.8. The molecule has 1 rings (SSSR count). The van der Waals surface area contributed by atoms with Crippen LogP contribution in [-0.2, 0) is 6.18 Å². The average Bonchev–Trinajstić information content (AvgIpc) is 2.46. The van der Waals surface area contributed by atoms with Gasteiger partial charge in [-0.3, -0.25) is 0 Å². The van der Waals surface area contributed by atoms with Crippen molar-refractivity contribution < 1.29 is 28.2 Å². The van der Waals surface area contributed by atoms with Crippen molar-refractivity contribution in [3.05, 3.63) is 29.8 Å². The third kappa shape index (κ3) is 4.60. The molecular weight excluding hydrogens is 301 g/mol. The molecule has 0 aliphatic rings. The minimum atomic E-state index is -4.58. The zero-order valence-electron chi connectivity index (χ0n) is 12.3. The normalized spacial score (nSPS) is 12.1. The number of nitrogens with zero attached hydrogens (tertiary/aromatic N) is 1. The van der Waals surface area contributed by atoms with Crippen LogP contribution in [0.3, 0.4) is 0 Å². The van der Waals surface area contributed by atoms with Gasteiger partial charge >= 0.3 is 12.2 Å². The fraction of sp³-hybridized carbons (Fsp3) is 0.500. The van der Waals surface area contributed by atoms with Gasteiger partial charge in [0.25, 0.3) is 0 Å². The molecule has 124 valence electrons. The summed E-state index contributed by atoms with van der Waals surface area (Å²) in [4.78, 5) is 13.1. The number of urea groups is 1. The summed E-state index contributed by atoms with van der Waals surface area (Å²) in [6.45, 7) is 0.820. The molecule has 22 heavy (non-hydrogen) atoms. The van der Waals surface area contributed by atoms with Crippen molar-refractivity contribution in [2.24, 2.45) is 5.41 Å². The highest BCUT2D eigenvalue weighted by molar-refractivity contribution is 5.90. The standard InChI is InChI=1S/C14H19F3N2O3/c1-13(8-20,9-21)7-19(2)12(22)18-11-6-4-3-5-10(11)14(15,16)17/h3-6,20-21H,7-9H2,1-2H3,(H,18,22). The van der Waals surface area contributed by atoms with Crippen molar-refractivity contribution in [2.75, 3.05) is 32.1 Å². The van der Waals surface area contributed by atoms with E-state index in [9.17, 15) is 28.2 Å². The van der Waals surface area contributed by atoms with Crippen molar-refractivity contribution >= 4 is 11.7 Å². The number of aliphatic hydroxyl groups excluding tert-OH is 2. The van der Waals surface area contributed by atoms with Gasteiger partial charge in [-0.1, -0.05) is 19.1 Å². The molecule has 0 heterocycles. The monoisotopic (exact) mass is 320 g/mol. The summed E-state index contributed by atoms with van der Waals surface area (Å²) < 4.78 is 38.5. The van der Waals surface area contributed by atoms with Gasteiger partial charge in [0.15, 0.2) is 0 Å². The molecule has 0 fully saturated rings. The van der Waals surface area contributed by atoms with Gasteiger partial charge in [0, 0.05) is 19.0 Å². The van der Waals surface area contributed by atoms with Crippen LogP contribution in [0.4, 0.5) is 23.7 Å². The minimum Gasteiger partial charge on any atom is -0.396 e. The Balaban J connectivity index is 2.86. The van der Waals surface area contributed by atoms with E-state index in [2.05, 4.69) is 5.32 Å². The van der Waals surface area contributed by atoms with Crippen molar-refractivity contribution in [3.8, 4) is 0 Å². The van der Waals surface area contributed by atoms with E-state index in [1.54, 1.807) is 6.92 Å². The van der Waals surface area contributed by atoms with E-state index in [0.717, 1.165) is 17.0 Å². The Hall–Kier alpha value is -1.80. The van der Waals surface area contributed by atoms with Gasteiger partial charge in [-0.05, 0) is 12.1 Å². The molecule has 0 saturated carbocycles. The second-order valence-corrected chi connectivity index (χ2v) is 5.46. The maximum atomic E-state index is 12.8. The van der Waals surface area contributed by atoms with Gasteiger partial charge in [-0.2, -0.15) is 13.2 Å². The molecule has 1 aromatic carbocycles. The van der Waals surface area contributed by atoms with E-state index < -0.39 is 23.2 Å². The predicted molar refractivity (Wildman–Crippen MR) is 75.4 cm³/mol. The number of amides is 2. The lowest BCUT2D eigenvalue weighted by atomic mass is 9.92. The first kappa shape index (κ1) is 18.2. The van der Waals surface area contributed by atoms with Crippen LogP contribution in [0.5, 0.6) is 0 Å². The number of rotatable bonds is 5. The van der Waals surface area contributed by atoms with Gasteiger partial charge in [-0.15, -0.1) is 0 Å². The van der Waals surface area contributed by atoms with Gasteiger partial charge < -0.3 is 20.4 Å². The number of anilines is 1. The quantitative estimate of drug-likeness (QED) is 0.778. The molecule has 0 unspecified atom stereocenters. The van der Waals surface area contributed by atoms with E-state index in [0.29, 0.717) is 0 Å². The van der Waals surface area contributed by atoms with Gasteiger partial charge in [0.05, 0.1) is 24.5 Å². The van der Waals surface area contributed by atoms with Crippen LogP contribution >= 0.6 is 0 Å².